The molecule has 1 saturated heterocycles. The first-order valence-corrected chi connectivity index (χ1v) is 11.7. The first-order chi connectivity index (χ1) is 15.6. The van der Waals surface area contributed by atoms with Crippen molar-refractivity contribution < 1.29 is 18.7 Å². The number of nitrogens with one attached hydrogen (secondary N) is 2. The third-order valence-corrected chi connectivity index (χ3v) is 6.46. The molecule has 0 unspecified atom stereocenters. The molecule has 32 heavy (non-hydrogen) atoms. The van der Waals surface area contributed by atoms with Gasteiger partial charge in [0.25, 0.3) is 5.91 Å². The van der Waals surface area contributed by atoms with Crippen molar-refractivity contribution in [3.8, 4) is 0 Å². The van der Waals surface area contributed by atoms with Crippen molar-refractivity contribution in [2.75, 3.05) is 25.4 Å². The van der Waals surface area contributed by atoms with Gasteiger partial charge in [0.15, 0.2) is 0 Å². The van der Waals surface area contributed by atoms with E-state index in [4.69, 9.17) is 4.74 Å². The number of carbonyl (C=O) groups excluding carboxylic acids is 2. The number of rotatable bonds is 9. The van der Waals surface area contributed by atoms with E-state index in [1.54, 1.807) is 12.1 Å². The van der Waals surface area contributed by atoms with Crippen molar-refractivity contribution >= 4 is 34.5 Å². The van der Waals surface area contributed by atoms with Crippen molar-refractivity contribution in [1.82, 2.24) is 15.2 Å². The topological polar surface area (TPSA) is 72.4 Å². The molecule has 2 N–H and O–H groups in total. The molecular weight excluding hydrogens is 429 g/mol. The summed E-state index contributed by atoms with van der Waals surface area (Å²) >= 11 is 1.49. The minimum Gasteiger partial charge on any atom is -0.376 e. The second-order valence-corrected chi connectivity index (χ2v) is 8.68. The zero-order valence-electron chi connectivity index (χ0n) is 17.7. The number of carbonyl (C=O) groups is 2. The van der Waals surface area contributed by atoms with Gasteiger partial charge in [0, 0.05) is 48.2 Å². The van der Waals surface area contributed by atoms with Gasteiger partial charge < -0.3 is 19.9 Å². The second kappa shape index (κ2) is 10.7. The molecule has 168 valence electrons. The van der Waals surface area contributed by atoms with Crippen molar-refractivity contribution in [2.45, 2.75) is 30.4 Å². The number of thioether (sulfide) groups is 1. The van der Waals surface area contributed by atoms with E-state index >= 15 is 0 Å². The lowest BCUT2D eigenvalue weighted by atomic mass is 10.2. The van der Waals surface area contributed by atoms with Gasteiger partial charge in [0.2, 0.25) is 5.91 Å². The zero-order chi connectivity index (χ0) is 22.3. The molecule has 0 radical (unpaired) electrons. The first-order valence-electron chi connectivity index (χ1n) is 10.7. The first kappa shape index (κ1) is 22.4. The van der Waals surface area contributed by atoms with Crippen molar-refractivity contribution in [3.05, 3.63) is 66.1 Å². The molecule has 0 aliphatic carbocycles. The van der Waals surface area contributed by atoms with Crippen LogP contribution in [-0.2, 0) is 16.1 Å². The Morgan fingerprint density at radius 1 is 1.12 bits per heavy atom. The number of fused-ring (bicyclic) bond motifs is 1. The minimum absolute atomic E-state index is 0.0144. The van der Waals surface area contributed by atoms with Crippen LogP contribution in [0.4, 0.5) is 4.39 Å². The van der Waals surface area contributed by atoms with Crippen LogP contribution in [-0.4, -0.2) is 47.9 Å². The number of benzene rings is 2. The van der Waals surface area contributed by atoms with Crippen LogP contribution in [0.2, 0.25) is 0 Å². The molecule has 1 fully saturated rings. The molecule has 2 aromatic carbocycles. The summed E-state index contributed by atoms with van der Waals surface area (Å²) < 4.78 is 21.4. The second-order valence-electron chi connectivity index (χ2n) is 7.67. The van der Waals surface area contributed by atoms with E-state index < -0.39 is 11.7 Å². The number of ether oxygens (including phenoxy) is 1. The Balaban J connectivity index is 1.34. The maximum atomic E-state index is 13.8. The van der Waals surface area contributed by atoms with Gasteiger partial charge in [0.05, 0.1) is 17.4 Å². The monoisotopic (exact) mass is 455 g/mol. The Morgan fingerprint density at radius 3 is 2.75 bits per heavy atom. The van der Waals surface area contributed by atoms with Crippen LogP contribution < -0.4 is 10.6 Å². The predicted octanol–water partition coefficient (Wildman–Crippen LogP) is 3.60. The average Bonchev–Trinajstić information content (AvgIpc) is 3.45. The molecule has 1 aliphatic heterocycles. The van der Waals surface area contributed by atoms with E-state index in [1.165, 1.54) is 23.9 Å². The van der Waals surface area contributed by atoms with Gasteiger partial charge in [0.1, 0.15) is 5.82 Å². The Kier molecular flexibility index (Phi) is 7.44. The summed E-state index contributed by atoms with van der Waals surface area (Å²) in [5, 5.41) is 6.78. The number of hydrogen-bond donors (Lipinski definition) is 2. The van der Waals surface area contributed by atoms with Gasteiger partial charge in [-0.15, -0.1) is 11.8 Å². The Bertz CT molecular complexity index is 1100. The number of aromatic nitrogens is 1. The number of hydrogen-bond acceptors (Lipinski definition) is 4. The van der Waals surface area contributed by atoms with E-state index in [0.717, 1.165) is 35.2 Å². The molecule has 1 aromatic heterocycles. The van der Waals surface area contributed by atoms with Crippen LogP contribution in [0.1, 0.15) is 23.2 Å². The predicted molar refractivity (Wildman–Crippen MR) is 123 cm³/mol. The van der Waals surface area contributed by atoms with Crippen molar-refractivity contribution in [3.63, 3.8) is 0 Å². The molecule has 6 nitrogen and oxygen atoms in total. The molecule has 0 saturated carbocycles. The van der Waals surface area contributed by atoms with E-state index in [-0.39, 0.29) is 17.6 Å². The summed E-state index contributed by atoms with van der Waals surface area (Å²) in [4.78, 5) is 25.5. The number of halogens is 1. The highest BCUT2D eigenvalue weighted by atomic mass is 32.2. The fourth-order valence-corrected chi connectivity index (χ4v) is 4.69. The number of amides is 2. The van der Waals surface area contributed by atoms with Crippen molar-refractivity contribution in [1.29, 1.82) is 0 Å². The van der Waals surface area contributed by atoms with Gasteiger partial charge >= 0.3 is 0 Å². The standard InChI is InChI=1S/C24H26FN3O3S/c25-20-9-3-1-7-18(20)24(30)26-11-12-28-15-22(19-8-2-4-10-21(19)28)32-16-23(29)27-14-17-6-5-13-31-17/h1-4,7-10,15,17H,5-6,11-14,16H2,(H,26,30)(H,27,29)/t17-/m0/s1. The lowest BCUT2D eigenvalue weighted by Gasteiger charge is -2.10. The highest BCUT2D eigenvalue weighted by Gasteiger charge is 2.17. The highest BCUT2D eigenvalue weighted by molar-refractivity contribution is 8.00. The normalized spacial score (nSPS) is 15.7. The molecular formula is C24H26FN3O3S. The SMILES string of the molecule is O=C(CSc1cn(CCNC(=O)c2ccccc2F)c2ccccc12)NC[C@@H]1CCCO1. The number of para-hydroxylation sites is 1. The average molecular weight is 456 g/mol. The maximum Gasteiger partial charge on any atom is 0.254 e. The fraction of sp³-hybridized carbons (Fsp3) is 0.333. The Hall–Kier alpha value is -2.84. The molecule has 1 atom stereocenters. The van der Waals surface area contributed by atoms with Crippen LogP contribution >= 0.6 is 11.8 Å². The van der Waals surface area contributed by atoms with Gasteiger partial charge in [-0.05, 0) is 31.0 Å². The van der Waals surface area contributed by atoms with E-state index in [1.807, 2.05) is 35.0 Å². The van der Waals surface area contributed by atoms with E-state index in [0.29, 0.717) is 25.4 Å². The third kappa shape index (κ3) is 5.49. The van der Waals surface area contributed by atoms with Gasteiger partial charge in [-0.3, -0.25) is 9.59 Å². The smallest absolute Gasteiger partial charge is 0.254 e. The summed E-state index contributed by atoms with van der Waals surface area (Å²) in [6.07, 6.45) is 4.17. The maximum absolute atomic E-state index is 13.8. The number of nitrogens with zero attached hydrogens (tertiary/aromatic N) is 1. The zero-order valence-corrected chi connectivity index (χ0v) is 18.5. The van der Waals surface area contributed by atoms with Crippen LogP contribution in [0.5, 0.6) is 0 Å². The van der Waals surface area contributed by atoms with E-state index in [9.17, 15) is 14.0 Å². The quantitative estimate of drug-likeness (QED) is 0.484. The summed E-state index contributed by atoms with van der Waals surface area (Å²) in [7, 11) is 0. The molecule has 1 aliphatic rings. The summed E-state index contributed by atoms with van der Waals surface area (Å²) in [5.74, 6) is -0.658. The lowest BCUT2D eigenvalue weighted by Crippen LogP contribution is -2.32. The molecule has 2 heterocycles. The largest absolute Gasteiger partial charge is 0.376 e. The van der Waals surface area contributed by atoms with Crippen LogP contribution in [0.15, 0.2) is 59.6 Å². The van der Waals surface area contributed by atoms with E-state index in [2.05, 4.69) is 10.6 Å². The summed E-state index contributed by atoms with van der Waals surface area (Å²) in [5.41, 5.74) is 1.06. The Labute approximate surface area is 190 Å². The Morgan fingerprint density at radius 2 is 1.94 bits per heavy atom. The molecule has 0 bridgehead atoms. The van der Waals surface area contributed by atoms with Gasteiger partial charge in [-0.1, -0.05) is 30.3 Å². The fourth-order valence-electron chi connectivity index (χ4n) is 3.77. The molecule has 4 rings (SSSR count). The van der Waals surface area contributed by atoms with Gasteiger partial charge in [-0.25, -0.2) is 4.39 Å². The molecule has 0 spiro atoms. The van der Waals surface area contributed by atoms with Crippen LogP contribution in [0, 0.1) is 5.82 Å². The summed E-state index contributed by atoms with van der Waals surface area (Å²) in [6.45, 7) is 2.22. The molecule has 3 aromatic rings. The highest BCUT2D eigenvalue weighted by Crippen LogP contribution is 2.29. The minimum atomic E-state index is -0.534. The summed E-state index contributed by atoms with van der Waals surface area (Å²) in [6, 6.07) is 13.9. The van der Waals surface area contributed by atoms with Crippen molar-refractivity contribution in [2.24, 2.45) is 0 Å². The lowest BCUT2D eigenvalue weighted by molar-refractivity contribution is -0.119. The van der Waals surface area contributed by atoms with Crippen LogP contribution in [0.3, 0.4) is 0 Å². The molecule has 8 heteroatoms. The molecule has 2 amide bonds. The third-order valence-electron chi connectivity index (χ3n) is 5.42. The van der Waals surface area contributed by atoms with Crippen LogP contribution in [0.25, 0.3) is 10.9 Å². The van der Waals surface area contributed by atoms with Gasteiger partial charge in [-0.2, -0.15) is 0 Å².